The van der Waals surface area contributed by atoms with Crippen LogP contribution < -0.4 is 17.2 Å². The number of nitrogens with two attached hydrogens (primary N) is 3. The van der Waals surface area contributed by atoms with Gasteiger partial charge in [0, 0.05) is 0 Å². The van der Waals surface area contributed by atoms with Crippen molar-refractivity contribution in [1.82, 2.24) is 0 Å². The fourth-order valence-electron chi connectivity index (χ4n) is 1.13. The number of unbranched alkanes of at least 4 members (excludes halogenated alkanes) is 1. The Kier molecular flexibility index (Phi) is 17.5. The molecule has 8 heteroatoms. The molecule has 122 valence electrons. The van der Waals surface area contributed by atoms with Crippen LogP contribution in [0.5, 0.6) is 0 Å². The number of carboxylic acid groups (broad SMARTS) is 2. The van der Waals surface area contributed by atoms with E-state index in [2.05, 4.69) is 0 Å². The number of carboxylic acids is 2. The Morgan fingerprint density at radius 3 is 1.85 bits per heavy atom. The van der Waals surface area contributed by atoms with Crippen LogP contribution >= 0.6 is 12.4 Å². The van der Waals surface area contributed by atoms with Crippen LogP contribution in [0.25, 0.3) is 0 Å². The lowest BCUT2D eigenvalue weighted by Gasteiger charge is -2.11. The van der Waals surface area contributed by atoms with E-state index in [4.69, 9.17) is 27.4 Å². The summed E-state index contributed by atoms with van der Waals surface area (Å²) in [5, 5.41) is 16.7. The number of carbonyl (C=O) groups is 2. The molecule has 0 saturated carbocycles. The minimum absolute atomic E-state index is 0. The summed E-state index contributed by atoms with van der Waals surface area (Å²) in [4.78, 5) is 20.3. The zero-order valence-electron chi connectivity index (χ0n) is 12.1. The van der Waals surface area contributed by atoms with Gasteiger partial charge < -0.3 is 27.4 Å². The molecule has 0 fully saturated rings. The molecular weight excluding hydrogens is 286 g/mol. The van der Waals surface area contributed by atoms with Gasteiger partial charge in [-0.05, 0) is 25.3 Å². The molecule has 0 heterocycles. The molecular formula is C12H28ClN3O4. The minimum atomic E-state index is -0.933. The fourth-order valence-corrected chi connectivity index (χ4v) is 1.13. The van der Waals surface area contributed by atoms with E-state index in [9.17, 15) is 9.59 Å². The fraction of sp³-hybridized carbons (Fsp3) is 0.833. The Bertz CT molecular complexity index is 267. The van der Waals surface area contributed by atoms with Crippen molar-refractivity contribution < 1.29 is 19.8 Å². The molecule has 0 aromatic heterocycles. The maximum atomic E-state index is 10.2. The average Bonchev–Trinajstić information content (AvgIpc) is 2.37. The standard InChI is InChI=1S/C6H14N2O2.C6H13NO2.ClH/c7-4-2-1-3-5(8)6(9)10;1-3-4(2)5(7)6(8)9;/h5H,1-4,7-8H2,(H,9,10);4-5H,3,7H2,1-2H3,(H,8,9);1H/t5-;4-,5-;/m00./s1. The van der Waals surface area contributed by atoms with Crippen molar-refractivity contribution in [2.24, 2.45) is 23.1 Å². The highest BCUT2D eigenvalue weighted by molar-refractivity contribution is 5.85. The molecule has 0 aliphatic heterocycles. The topological polar surface area (TPSA) is 153 Å². The van der Waals surface area contributed by atoms with Crippen LogP contribution in [0.15, 0.2) is 0 Å². The molecule has 0 aromatic rings. The van der Waals surface area contributed by atoms with Gasteiger partial charge in [0.1, 0.15) is 12.1 Å². The number of rotatable bonds is 8. The lowest BCUT2D eigenvalue weighted by molar-refractivity contribution is -0.140. The highest BCUT2D eigenvalue weighted by Gasteiger charge is 2.17. The minimum Gasteiger partial charge on any atom is -0.480 e. The molecule has 0 spiro atoms. The van der Waals surface area contributed by atoms with Gasteiger partial charge in [0.05, 0.1) is 0 Å². The summed E-state index contributed by atoms with van der Waals surface area (Å²) in [6, 6.07) is -1.42. The molecule has 0 aliphatic carbocycles. The van der Waals surface area contributed by atoms with E-state index in [-0.39, 0.29) is 18.3 Å². The second-order valence-electron chi connectivity index (χ2n) is 4.48. The van der Waals surface area contributed by atoms with Gasteiger partial charge in [-0.2, -0.15) is 0 Å². The summed E-state index contributed by atoms with van der Waals surface area (Å²) in [5.41, 5.74) is 15.7. The smallest absolute Gasteiger partial charge is 0.320 e. The van der Waals surface area contributed by atoms with Gasteiger partial charge in [0.2, 0.25) is 0 Å². The number of aliphatic carboxylic acids is 2. The van der Waals surface area contributed by atoms with Crippen molar-refractivity contribution in [3.63, 3.8) is 0 Å². The second kappa shape index (κ2) is 14.5. The maximum absolute atomic E-state index is 10.2. The summed E-state index contributed by atoms with van der Waals surface area (Å²) in [6.45, 7) is 4.36. The van der Waals surface area contributed by atoms with Gasteiger partial charge in [-0.3, -0.25) is 9.59 Å². The Morgan fingerprint density at radius 2 is 1.60 bits per heavy atom. The third-order valence-electron chi connectivity index (χ3n) is 2.83. The average molecular weight is 314 g/mol. The maximum Gasteiger partial charge on any atom is 0.320 e. The van der Waals surface area contributed by atoms with Gasteiger partial charge in [-0.1, -0.05) is 26.7 Å². The normalized spacial score (nSPS) is 14.1. The first-order chi connectivity index (χ1) is 8.77. The van der Waals surface area contributed by atoms with Gasteiger partial charge in [0.15, 0.2) is 0 Å². The van der Waals surface area contributed by atoms with E-state index < -0.39 is 24.0 Å². The van der Waals surface area contributed by atoms with Crippen LogP contribution in [0.3, 0.4) is 0 Å². The van der Waals surface area contributed by atoms with Crippen molar-refractivity contribution in [3.8, 4) is 0 Å². The van der Waals surface area contributed by atoms with Gasteiger partial charge >= 0.3 is 11.9 Å². The molecule has 7 nitrogen and oxygen atoms in total. The molecule has 0 radical (unpaired) electrons. The number of halogens is 1. The Morgan fingerprint density at radius 1 is 1.10 bits per heavy atom. The van der Waals surface area contributed by atoms with Crippen molar-refractivity contribution in [3.05, 3.63) is 0 Å². The van der Waals surface area contributed by atoms with Crippen LogP contribution in [0.1, 0.15) is 39.5 Å². The van der Waals surface area contributed by atoms with Crippen molar-refractivity contribution in [2.75, 3.05) is 6.54 Å². The van der Waals surface area contributed by atoms with Gasteiger partial charge in [-0.25, -0.2) is 0 Å². The molecule has 3 atom stereocenters. The molecule has 0 aromatic carbocycles. The Hall–Kier alpha value is -0.890. The van der Waals surface area contributed by atoms with Crippen LogP contribution in [0.4, 0.5) is 0 Å². The Labute approximate surface area is 126 Å². The first-order valence-electron chi connectivity index (χ1n) is 6.44. The molecule has 20 heavy (non-hydrogen) atoms. The summed E-state index contributed by atoms with van der Waals surface area (Å²) >= 11 is 0. The largest absolute Gasteiger partial charge is 0.480 e. The van der Waals surface area contributed by atoms with E-state index in [0.29, 0.717) is 13.0 Å². The lowest BCUT2D eigenvalue weighted by atomic mass is 10.0. The summed E-state index contributed by atoms with van der Waals surface area (Å²) in [7, 11) is 0. The monoisotopic (exact) mass is 313 g/mol. The van der Waals surface area contributed by atoms with Crippen molar-refractivity contribution >= 4 is 24.3 Å². The molecule has 0 amide bonds. The van der Waals surface area contributed by atoms with E-state index in [1.807, 2.05) is 13.8 Å². The lowest BCUT2D eigenvalue weighted by Crippen LogP contribution is -2.36. The predicted molar refractivity (Wildman–Crippen MR) is 80.8 cm³/mol. The van der Waals surface area contributed by atoms with E-state index in [0.717, 1.165) is 19.3 Å². The highest BCUT2D eigenvalue weighted by atomic mass is 35.5. The quantitative estimate of drug-likeness (QED) is 0.406. The third-order valence-corrected chi connectivity index (χ3v) is 2.83. The van der Waals surface area contributed by atoms with Crippen LogP contribution in [-0.2, 0) is 9.59 Å². The predicted octanol–water partition coefficient (Wildman–Crippen LogP) is 0.394. The van der Waals surface area contributed by atoms with Gasteiger partial charge in [-0.15, -0.1) is 12.4 Å². The van der Waals surface area contributed by atoms with Crippen LogP contribution in [0, 0.1) is 5.92 Å². The molecule has 0 aliphatic rings. The van der Waals surface area contributed by atoms with E-state index in [1.54, 1.807) is 0 Å². The van der Waals surface area contributed by atoms with Crippen LogP contribution in [-0.4, -0.2) is 40.8 Å². The number of hydrogen-bond acceptors (Lipinski definition) is 5. The summed E-state index contributed by atoms with van der Waals surface area (Å²) in [6.07, 6.45) is 2.98. The second-order valence-corrected chi connectivity index (χ2v) is 4.48. The highest BCUT2D eigenvalue weighted by Crippen LogP contribution is 2.04. The molecule has 0 saturated heterocycles. The summed E-state index contributed by atoms with van der Waals surface area (Å²) in [5.74, 6) is -1.77. The zero-order valence-corrected chi connectivity index (χ0v) is 12.9. The van der Waals surface area contributed by atoms with E-state index in [1.165, 1.54) is 0 Å². The van der Waals surface area contributed by atoms with E-state index >= 15 is 0 Å². The first kappa shape index (κ1) is 24.1. The molecule has 0 unspecified atom stereocenters. The molecule has 8 N–H and O–H groups in total. The van der Waals surface area contributed by atoms with Crippen molar-refractivity contribution in [1.29, 1.82) is 0 Å². The number of hydrogen-bond donors (Lipinski definition) is 5. The van der Waals surface area contributed by atoms with Crippen molar-refractivity contribution in [2.45, 2.75) is 51.6 Å². The Balaban J connectivity index is -0.000000277. The SMILES string of the molecule is CC[C@H](C)[C@H](N)C(=O)O.Cl.NCCCC[C@H](N)C(=O)O. The molecule has 0 bridgehead atoms. The van der Waals surface area contributed by atoms with Crippen LogP contribution in [0.2, 0.25) is 0 Å². The van der Waals surface area contributed by atoms with Gasteiger partial charge in [0.25, 0.3) is 0 Å². The molecule has 0 rings (SSSR count). The summed E-state index contributed by atoms with van der Waals surface area (Å²) < 4.78 is 0. The zero-order chi connectivity index (χ0) is 15.4. The third kappa shape index (κ3) is 13.5. The first-order valence-corrected chi connectivity index (χ1v) is 6.44.